The third-order valence-electron chi connectivity index (χ3n) is 6.77. The number of carbonyl (C=O) groups is 2. The molecule has 2 amide bonds. The van der Waals surface area contributed by atoms with Gasteiger partial charge in [0.2, 0.25) is 0 Å². The summed E-state index contributed by atoms with van der Waals surface area (Å²) in [6.07, 6.45) is 7.62. The molecule has 0 aliphatic carbocycles. The van der Waals surface area contributed by atoms with E-state index in [0.29, 0.717) is 12.1 Å². The van der Waals surface area contributed by atoms with Crippen LogP contribution < -0.4 is 15.6 Å². The van der Waals surface area contributed by atoms with E-state index in [9.17, 15) is 9.59 Å². The van der Waals surface area contributed by atoms with Crippen LogP contribution in [-0.4, -0.2) is 61.7 Å². The lowest BCUT2D eigenvalue weighted by atomic mass is 10.0. The number of unbranched alkanes of at least 4 members (excludes halogenated alkanes) is 1. The number of nitrogens with zero attached hydrogens (tertiary/aromatic N) is 3. The van der Waals surface area contributed by atoms with Crippen LogP contribution in [0.25, 0.3) is 0 Å². The summed E-state index contributed by atoms with van der Waals surface area (Å²) in [6, 6.07) is 17.3. The molecule has 7 nitrogen and oxygen atoms in total. The van der Waals surface area contributed by atoms with Crippen molar-refractivity contribution in [3.8, 4) is 0 Å². The van der Waals surface area contributed by atoms with E-state index in [0.717, 1.165) is 63.8 Å². The zero-order chi connectivity index (χ0) is 25.6. The molecule has 2 aromatic carbocycles. The fraction of sp³-hybridized carbons (Fsp3) is 0.483. The van der Waals surface area contributed by atoms with Crippen LogP contribution in [0.5, 0.6) is 0 Å². The zero-order valence-electron chi connectivity index (χ0n) is 21.8. The van der Waals surface area contributed by atoms with Crippen LogP contribution in [-0.2, 0) is 4.79 Å². The number of piperidine rings is 1. The van der Waals surface area contributed by atoms with Gasteiger partial charge in [-0.05, 0) is 88.9 Å². The number of nitrogens with one attached hydrogen (secondary N) is 2. The molecular weight excluding hydrogens is 450 g/mol. The molecule has 3 rings (SSSR count). The number of hydrazone groups is 1. The molecule has 1 fully saturated rings. The first-order chi connectivity index (χ1) is 17.6. The number of amides is 2. The van der Waals surface area contributed by atoms with Gasteiger partial charge in [0.05, 0.1) is 12.3 Å². The van der Waals surface area contributed by atoms with E-state index < -0.39 is 0 Å². The molecule has 2 N–H and O–H groups in total. The van der Waals surface area contributed by atoms with Gasteiger partial charge in [0.25, 0.3) is 11.8 Å². The highest BCUT2D eigenvalue weighted by Crippen LogP contribution is 2.17. The van der Waals surface area contributed by atoms with E-state index >= 15 is 0 Å². The van der Waals surface area contributed by atoms with E-state index in [1.807, 2.05) is 42.5 Å². The summed E-state index contributed by atoms with van der Waals surface area (Å²) in [5, 5.41) is 7.22. The molecule has 0 unspecified atom stereocenters. The van der Waals surface area contributed by atoms with Gasteiger partial charge in [-0.2, -0.15) is 5.10 Å². The van der Waals surface area contributed by atoms with E-state index in [2.05, 4.69) is 51.6 Å². The summed E-state index contributed by atoms with van der Waals surface area (Å²) >= 11 is 0. The molecule has 36 heavy (non-hydrogen) atoms. The summed E-state index contributed by atoms with van der Waals surface area (Å²) < 4.78 is 0. The van der Waals surface area contributed by atoms with E-state index in [4.69, 9.17) is 0 Å². The van der Waals surface area contributed by atoms with Gasteiger partial charge in [0, 0.05) is 30.9 Å². The monoisotopic (exact) mass is 491 g/mol. The Hall–Kier alpha value is -3.19. The predicted octanol–water partition coefficient (Wildman–Crippen LogP) is 4.44. The maximum absolute atomic E-state index is 13.1. The van der Waals surface area contributed by atoms with Crippen molar-refractivity contribution in [1.29, 1.82) is 0 Å². The van der Waals surface area contributed by atoms with Crippen LogP contribution in [0.1, 0.15) is 68.3 Å². The van der Waals surface area contributed by atoms with Crippen molar-refractivity contribution in [3.05, 3.63) is 65.7 Å². The topological polar surface area (TPSA) is 77.0 Å². The molecule has 1 aliphatic rings. The number of benzene rings is 2. The Morgan fingerprint density at radius 2 is 1.67 bits per heavy atom. The number of carbonyl (C=O) groups excluding carboxylic acids is 2. The van der Waals surface area contributed by atoms with E-state index in [-0.39, 0.29) is 17.9 Å². The molecule has 1 heterocycles. The highest BCUT2D eigenvalue weighted by Gasteiger charge is 2.26. The number of rotatable bonds is 13. The average Bonchev–Trinajstić information content (AvgIpc) is 2.93. The Balaban J connectivity index is 1.48. The number of hydrogen-bond donors (Lipinski definition) is 2. The highest BCUT2D eigenvalue weighted by molar-refractivity contribution is 5.94. The van der Waals surface area contributed by atoms with Crippen LogP contribution >= 0.6 is 0 Å². The van der Waals surface area contributed by atoms with Gasteiger partial charge >= 0.3 is 0 Å². The second-order valence-corrected chi connectivity index (χ2v) is 9.23. The van der Waals surface area contributed by atoms with Crippen LogP contribution in [0.4, 0.5) is 5.69 Å². The molecular formula is C29H41N5O2. The lowest BCUT2D eigenvalue weighted by Crippen LogP contribution is -2.47. The van der Waals surface area contributed by atoms with Crippen molar-refractivity contribution in [2.45, 2.75) is 58.4 Å². The van der Waals surface area contributed by atoms with Gasteiger partial charge in [-0.3, -0.25) is 14.5 Å². The van der Waals surface area contributed by atoms with Crippen molar-refractivity contribution >= 4 is 23.7 Å². The van der Waals surface area contributed by atoms with Crippen molar-refractivity contribution in [2.75, 3.05) is 37.6 Å². The maximum Gasteiger partial charge on any atom is 0.257 e. The molecule has 1 saturated heterocycles. The molecule has 1 aliphatic heterocycles. The fourth-order valence-electron chi connectivity index (χ4n) is 4.67. The second kappa shape index (κ2) is 15.0. The molecule has 1 atom stereocenters. The lowest BCUT2D eigenvalue weighted by Gasteiger charge is -2.33. The first-order valence-corrected chi connectivity index (χ1v) is 13.4. The number of anilines is 1. The van der Waals surface area contributed by atoms with Crippen molar-refractivity contribution in [2.24, 2.45) is 5.10 Å². The third-order valence-corrected chi connectivity index (χ3v) is 6.77. The first-order valence-electron chi connectivity index (χ1n) is 13.4. The highest BCUT2D eigenvalue weighted by atomic mass is 16.2. The van der Waals surface area contributed by atoms with Gasteiger partial charge in [0.1, 0.15) is 0 Å². The fourth-order valence-corrected chi connectivity index (χ4v) is 4.67. The van der Waals surface area contributed by atoms with Crippen LogP contribution in [0, 0.1) is 0 Å². The van der Waals surface area contributed by atoms with E-state index in [1.54, 1.807) is 6.21 Å². The minimum absolute atomic E-state index is 0.0544. The Labute approximate surface area is 215 Å². The summed E-state index contributed by atoms with van der Waals surface area (Å²) in [5.74, 6) is -0.110. The molecule has 0 radical (unpaired) electrons. The quantitative estimate of drug-likeness (QED) is 0.247. The van der Waals surface area contributed by atoms with Crippen molar-refractivity contribution in [3.63, 3.8) is 0 Å². The summed E-state index contributed by atoms with van der Waals surface area (Å²) in [6.45, 7) is 8.72. The predicted molar refractivity (Wildman–Crippen MR) is 148 cm³/mol. The summed E-state index contributed by atoms with van der Waals surface area (Å²) in [4.78, 5) is 29.9. The first kappa shape index (κ1) is 27.4. The molecule has 0 aromatic heterocycles. The summed E-state index contributed by atoms with van der Waals surface area (Å²) in [7, 11) is 0. The standard InChI is InChI=1S/C29H41N5O2/c1-3-33(4-2)26-18-16-24(17-19-26)23-31-32-29(36)27(34-21-11-6-12-22-34)15-9-10-20-30-28(35)25-13-7-5-8-14-25/h5,7-8,13-14,16-19,23,27H,3-4,6,9-12,15,20-22H2,1-2H3,(H,30,35)(H,32,36)/b31-23+/t27-/m1/s1. The Morgan fingerprint density at radius 3 is 2.33 bits per heavy atom. The van der Waals surface area contributed by atoms with Crippen LogP contribution in [0.15, 0.2) is 59.7 Å². The largest absolute Gasteiger partial charge is 0.372 e. The van der Waals surface area contributed by atoms with Crippen LogP contribution in [0.2, 0.25) is 0 Å². The SMILES string of the molecule is CCN(CC)c1ccc(/C=N/NC(=O)[C@@H](CCCCNC(=O)c2ccccc2)N2CCCCC2)cc1. The average molecular weight is 492 g/mol. The molecule has 0 saturated carbocycles. The molecule has 7 heteroatoms. The van der Waals surface area contributed by atoms with Crippen molar-refractivity contribution in [1.82, 2.24) is 15.6 Å². The zero-order valence-corrected chi connectivity index (χ0v) is 21.8. The Bertz CT molecular complexity index is 951. The maximum atomic E-state index is 13.1. The molecule has 0 bridgehead atoms. The van der Waals surface area contributed by atoms with Gasteiger partial charge in [-0.15, -0.1) is 0 Å². The van der Waals surface area contributed by atoms with Gasteiger partial charge in [0.15, 0.2) is 0 Å². The van der Waals surface area contributed by atoms with Gasteiger partial charge < -0.3 is 10.2 Å². The van der Waals surface area contributed by atoms with Gasteiger partial charge in [-0.1, -0.05) is 36.8 Å². The normalized spacial score (nSPS) is 14.9. The minimum atomic E-state index is -0.197. The Morgan fingerprint density at radius 1 is 0.972 bits per heavy atom. The van der Waals surface area contributed by atoms with Gasteiger partial charge in [-0.25, -0.2) is 5.43 Å². The Kier molecular flexibility index (Phi) is 11.4. The summed E-state index contributed by atoms with van der Waals surface area (Å²) in [5.41, 5.74) is 5.59. The van der Waals surface area contributed by atoms with E-state index in [1.165, 1.54) is 12.1 Å². The number of likely N-dealkylation sites (tertiary alicyclic amines) is 1. The number of hydrogen-bond acceptors (Lipinski definition) is 5. The minimum Gasteiger partial charge on any atom is -0.372 e. The molecule has 2 aromatic rings. The van der Waals surface area contributed by atoms with Crippen LogP contribution in [0.3, 0.4) is 0 Å². The van der Waals surface area contributed by atoms with Crippen molar-refractivity contribution < 1.29 is 9.59 Å². The molecule has 0 spiro atoms. The third kappa shape index (κ3) is 8.48. The smallest absolute Gasteiger partial charge is 0.257 e. The second-order valence-electron chi connectivity index (χ2n) is 9.23. The molecule has 194 valence electrons. The lowest BCUT2D eigenvalue weighted by molar-refractivity contribution is -0.127.